The molecular weight excluding hydrogens is 380 g/mol. The average Bonchev–Trinajstić information content (AvgIpc) is 3.34. The minimum atomic E-state index is 0.0907. The van der Waals surface area contributed by atoms with E-state index in [0.717, 1.165) is 64.8 Å². The van der Waals surface area contributed by atoms with Crippen LogP contribution in [0.3, 0.4) is 0 Å². The Hall–Kier alpha value is -2.47. The number of hydrogen-bond donors (Lipinski definition) is 1. The van der Waals surface area contributed by atoms with Crippen LogP contribution in [0.1, 0.15) is 65.1 Å². The summed E-state index contributed by atoms with van der Waals surface area (Å²) in [5.41, 5.74) is 4.14. The summed E-state index contributed by atoms with van der Waals surface area (Å²) in [6, 6.07) is 12.3. The Labute approximate surface area is 177 Å². The summed E-state index contributed by atoms with van der Waals surface area (Å²) in [6.45, 7) is 6.92. The zero-order chi connectivity index (χ0) is 20.8. The van der Waals surface area contributed by atoms with Gasteiger partial charge in [-0.1, -0.05) is 50.6 Å². The number of nitrogens with zero attached hydrogens (tertiary/aromatic N) is 3. The van der Waals surface area contributed by atoms with E-state index in [4.69, 9.17) is 0 Å². The van der Waals surface area contributed by atoms with E-state index in [1.807, 2.05) is 37.1 Å². The highest BCUT2D eigenvalue weighted by Crippen LogP contribution is 2.25. The van der Waals surface area contributed by atoms with Crippen LogP contribution >= 0.6 is 11.3 Å². The Balaban J connectivity index is 1.41. The molecule has 0 atom stereocenters. The number of rotatable bonds is 9. The molecule has 0 aliphatic heterocycles. The molecule has 0 saturated carbocycles. The van der Waals surface area contributed by atoms with Crippen LogP contribution in [-0.2, 0) is 6.42 Å². The second kappa shape index (κ2) is 9.83. The quantitative estimate of drug-likeness (QED) is 0.477. The lowest BCUT2D eigenvalue weighted by Gasteiger charge is -2.16. The predicted molar refractivity (Wildman–Crippen MR) is 119 cm³/mol. The molecule has 3 aromatic rings. The Morgan fingerprint density at radius 2 is 1.93 bits per heavy atom. The summed E-state index contributed by atoms with van der Waals surface area (Å²) in [4.78, 5) is 19.9. The van der Waals surface area contributed by atoms with Crippen molar-refractivity contribution >= 4 is 17.2 Å². The van der Waals surface area contributed by atoms with E-state index in [1.165, 1.54) is 11.3 Å². The molecule has 6 heteroatoms. The Kier molecular flexibility index (Phi) is 7.20. The van der Waals surface area contributed by atoms with E-state index in [-0.39, 0.29) is 5.91 Å². The zero-order valence-electron chi connectivity index (χ0n) is 17.7. The number of aromatic amines is 1. The van der Waals surface area contributed by atoms with Crippen LogP contribution in [0.4, 0.5) is 0 Å². The summed E-state index contributed by atoms with van der Waals surface area (Å²) < 4.78 is 0. The van der Waals surface area contributed by atoms with Gasteiger partial charge in [-0.15, -0.1) is 11.3 Å². The Morgan fingerprint density at radius 1 is 1.17 bits per heavy atom. The number of hydrogen-bond acceptors (Lipinski definition) is 4. The Bertz CT molecular complexity index is 930. The van der Waals surface area contributed by atoms with Gasteiger partial charge in [0.15, 0.2) is 0 Å². The lowest BCUT2D eigenvalue weighted by molar-refractivity contribution is 0.0796. The molecule has 0 fully saturated rings. The third-order valence-electron chi connectivity index (χ3n) is 4.99. The van der Waals surface area contributed by atoms with Crippen molar-refractivity contribution in [3.8, 4) is 11.3 Å². The van der Waals surface area contributed by atoms with Crippen LogP contribution in [0.25, 0.3) is 11.3 Å². The minimum Gasteiger partial charge on any atom is -0.341 e. The lowest BCUT2D eigenvalue weighted by Crippen LogP contribution is -2.27. The van der Waals surface area contributed by atoms with E-state index in [1.54, 1.807) is 0 Å². The molecule has 1 N–H and O–H groups in total. The van der Waals surface area contributed by atoms with Crippen molar-refractivity contribution in [1.82, 2.24) is 20.1 Å². The van der Waals surface area contributed by atoms with Gasteiger partial charge in [0.25, 0.3) is 5.91 Å². The number of H-pyrrole nitrogens is 1. The van der Waals surface area contributed by atoms with Crippen molar-refractivity contribution in [2.75, 3.05) is 13.6 Å². The molecule has 0 radical (unpaired) electrons. The van der Waals surface area contributed by atoms with Gasteiger partial charge in [0.2, 0.25) is 0 Å². The van der Waals surface area contributed by atoms with Crippen molar-refractivity contribution in [3.05, 3.63) is 57.7 Å². The van der Waals surface area contributed by atoms with Gasteiger partial charge in [-0.2, -0.15) is 5.10 Å². The summed E-state index contributed by atoms with van der Waals surface area (Å²) >= 11 is 1.53. The molecule has 5 nitrogen and oxygen atoms in total. The van der Waals surface area contributed by atoms with Gasteiger partial charge < -0.3 is 4.90 Å². The van der Waals surface area contributed by atoms with Crippen molar-refractivity contribution in [2.24, 2.45) is 0 Å². The molecule has 0 aliphatic carbocycles. The molecule has 0 bridgehead atoms. The fourth-order valence-corrected chi connectivity index (χ4v) is 4.29. The smallest absolute Gasteiger partial charge is 0.265 e. The highest BCUT2D eigenvalue weighted by atomic mass is 32.1. The number of carbonyl (C=O) groups is 1. The fraction of sp³-hybridized carbons (Fsp3) is 0.435. The first-order valence-electron chi connectivity index (χ1n) is 10.3. The maximum atomic E-state index is 12.7. The molecule has 0 spiro atoms. The molecule has 0 aliphatic rings. The summed E-state index contributed by atoms with van der Waals surface area (Å²) in [6.07, 6.45) is 4.13. The van der Waals surface area contributed by atoms with Crippen LogP contribution in [0.2, 0.25) is 0 Å². The number of aromatic nitrogens is 3. The van der Waals surface area contributed by atoms with Gasteiger partial charge in [0.1, 0.15) is 4.88 Å². The van der Waals surface area contributed by atoms with Gasteiger partial charge in [0, 0.05) is 30.8 Å². The van der Waals surface area contributed by atoms with Gasteiger partial charge >= 0.3 is 0 Å². The summed E-state index contributed by atoms with van der Waals surface area (Å²) in [5.74, 6) is 0.448. The van der Waals surface area contributed by atoms with Crippen LogP contribution in [0, 0.1) is 6.92 Å². The minimum absolute atomic E-state index is 0.0907. The van der Waals surface area contributed by atoms with Crippen molar-refractivity contribution in [1.29, 1.82) is 0 Å². The number of thiazole rings is 1. The molecule has 0 saturated heterocycles. The topological polar surface area (TPSA) is 61.9 Å². The van der Waals surface area contributed by atoms with Crippen molar-refractivity contribution in [2.45, 2.75) is 52.4 Å². The van der Waals surface area contributed by atoms with Crippen LogP contribution in [-0.4, -0.2) is 39.6 Å². The molecule has 2 aromatic heterocycles. The van der Waals surface area contributed by atoms with E-state index < -0.39 is 0 Å². The molecule has 1 amide bonds. The first kappa shape index (κ1) is 21.2. The fourth-order valence-electron chi connectivity index (χ4n) is 3.23. The summed E-state index contributed by atoms with van der Waals surface area (Å²) in [7, 11) is 1.89. The first-order chi connectivity index (χ1) is 14.0. The summed E-state index contributed by atoms with van der Waals surface area (Å²) in [5, 5.41) is 8.59. The number of benzene rings is 1. The van der Waals surface area contributed by atoms with Crippen LogP contribution in [0.5, 0.6) is 0 Å². The van der Waals surface area contributed by atoms with Crippen molar-refractivity contribution in [3.63, 3.8) is 0 Å². The van der Waals surface area contributed by atoms with Gasteiger partial charge in [-0.05, 0) is 32.3 Å². The molecule has 29 heavy (non-hydrogen) atoms. The predicted octanol–water partition coefficient (Wildman–Crippen LogP) is 5.45. The first-order valence-corrected chi connectivity index (χ1v) is 11.1. The second-order valence-corrected chi connectivity index (χ2v) is 8.83. The number of unbranched alkanes of at least 4 members (excludes halogenated alkanes) is 2. The molecule has 0 unspecified atom stereocenters. The van der Waals surface area contributed by atoms with E-state index in [0.29, 0.717) is 5.92 Å². The van der Waals surface area contributed by atoms with Gasteiger partial charge in [0.05, 0.1) is 16.4 Å². The number of amides is 1. The standard InChI is InChI=1S/C23H30N4OS/c1-16(2)22-24-17(3)21(29-22)23(28)27(4)14-10-6-9-13-19-15-20(26-25-19)18-11-7-5-8-12-18/h5,7-8,11-12,15-16H,6,9-10,13-14H2,1-4H3,(H,25,26). The van der Waals surface area contributed by atoms with Gasteiger partial charge in [-0.25, -0.2) is 4.98 Å². The molecule has 3 rings (SSSR count). The van der Waals surface area contributed by atoms with Crippen molar-refractivity contribution < 1.29 is 4.79 Å². The molecule has 154 valence electrons. The van der Waals surface area contributed by atoms with E-state index in [2.05, 4.69) is 47.2 Å². The maximum absolute atomic E-state index is 12.7. The monoisotopic (exact) mass is 410 g/mol. The third-order valence-corrected chi connectivity index (χ3v) is 6.43. The highest BCUT2D eigenvalue weighted by molar-refractivity contribution is 7.13. The van der Waals surface area contributed by atoms with Crippen LogP contribution in [0.15, 0.2) is 36.4 Å². The van der Waals surface area contributed by atoms with E-state index in [9.17, 15) is 4.79 Å². The zero-order valence-corrected chi connectivity index (χ0v) is 18.6. The number of aryl methyl sites for hydroxylation is 2. The van der Waals surface area contributed by atoms with Crippen LogP contribution < -0.4 is 0 Å². The Morgan fingerprint density at radius 3 is 2.62 bits per heavy atom. The highest BCUT2D eigenvalue weighted by Gasteiger charge is 2.19. The molecule has 1 aromatic carbocycles. The SMILES string of the molecule is Cc1nc(C(C)C)sc1C(=O)N(C)CCCCCc1cc(-c2ccccc2)n[nH]1. The lowest BCUT2D eigenvalue weighted by atomic mass is 10.1. The second-order valence-electron chi connectivity index (χ2n) is 7.80. The average molecular weight is 411 g/mol. The third kappa shape index (κ3) is 5.54. The van der Waals surface area contributed by atoms with Gasteiger partial charge in [-0.3, -0.25) is 9.89 Å². The normalized spacial score (nSPS) is 11.2. The van der Waals surface area contributed by atoms with E-state index >= 15 is 0 Å². The molecular formula is C23H30N4OS. The maximum Gasteiger partial charge on any atom is 0.265 e. The molecule has 2 heterocycles. The largest absolute Gasteiger partial charge is 0.341 e. The number of nitrogens with one attached hydrogen (secondary N) is 1. The number of carbonyl (C=O) groups excluding carboxylic acids is 1.